The zero-order valence-electron chi connectivity index (χ0n) is 11.8. The summed E-state index contributed by atoms with van der Waals surface area (Å²) in [6.45, 7) is 4.13. The molecule has 1 aromatic heterocycles. The van der Waals surface area contributed by atoms with Crippen molar-refractivity contribution in [2.45, 2.75) is 18.4 Å². The standard InChI is InChI=1S/C15H18ClNO4/c16-13-5-12(20-8-10-6-19-7-10)11-1-3-21-15(14(11)17-13)2-4-18-9-15/h5,10H,1-4,6-9H2. The van der Waals surface area contributed by atoms with Crippen LogP contribution in [0.25, 0.3) is 0 Å². The second-order valence-corrected chi connectivity index (χ2v) is 6.27. The van der Waals surface area contributed by atoms with E-state index in [9.17, 15) is 0 Å². The molecule has 21 heavy (non-hydrogen) atoms. The summed E-state index contributed by atoms with van der Waals surface area (Å²) in [7, 11) is 0. The van der Waals surface area contributed by atoms with Gasteiger partial charge in [0.15, 0.2) is 0 Å². The molecule has 0 aliphatic carbocycles. The van der Waals surface area contributed by atoms with E-state index < -0.39 is 5.60 Å². The lowest BCUT2D eigenvalue weighted by molar-refractivity contribution is -0.0681. The molecule has 2 fully saturated rings. The maximum Gasteiger partial charge on any atom is 0.136 e. The molecule has 0 aromatic carbocycles. The van der Waals surface area contributed by atoms with E-state index in [1.807, 2.05) is 6.07 Å². The molecule has 0 amide bonds. The average Bonchev–Trinajstić information content (AvgIpc) is 2.88. The fourth-order valence-corrected chi connectivity index (χ4v) is 3.30. The Morgan fingerprint density at radius 1 is 1.33 bits per heavy atom. The van der Waals surface area contributed by atoms with Crippen LogP contribution in [-0.2, 0) is 26.2 Å². The lowest BCUT2D eigenvalue weighted by Crippen LogP contribution is -2.38. The SMILES string of the molecule is Clc1cc(OCC2COC2)c2c(n1)C1(CCOC1)OCC2. The zero-order valence-corrected chi connectivity index (χ0v) is 12.5. The maximum absolute atomic E-state index is 6.19. The van der Waals surface area contributed by atoms with Crippen LogP contribution in [0, 0.1) is 5.92 Å². The molecule has 1 spiro atoms. The average molecular weight is 312 g/mol. The highest BCUT2D eigenvalue weighted by Crippen LogP contribution is 2.42. The van der Waals surface area contributed by atoms with E-state index in [0.717, 1.165) is 43.1 Å². The van der Waals surface area contributed by atoms with E-state index >= 15 is 0 Å². The Labute approximate surface area is 128 Å². The van der Waals surface area contributed by atoms with Crippen molar-refractivity contribution >= 4 is 11.6 Å². The number of fused-ring (bicyclic) bond motifs is 2. The number of nitrogens with zero attached hydrogens (tertiary/aromatic N) is 1. The lowest BCUT2D eigenvalue weighted by atomic mass is 9.90. The third kappa shape index (κ3) is 2.42. The molecule has 0 radical (unpaired) electrons. The van der Waals surface area contributed by atoms with E-state index in [1.54, 1.807) is 0 Å². The van der Waals surface area contributed by atoms with E-state index in [-0.39, 0.29) is 0 Å². The van der Waals surface area contributed by atoms with Gasteiger partial charge in [0.1, 0.15) is 16.5 Å². The first-order valence-electron chi connectivity index (χ1n) is 7.39. The Kier molecular flexibility index (Phi) is 3.53. The molecule has 0 N–H and O–H groups in total. The van der Waals surface area contributed by atoms with E-state index in [0.29, 0.717) is 37.5 Å². The monoisotopic (exact) mass is 311 g/mol. The molecule has 3 aliphatic rings. The van der Waals surface area contributed by atoms with Gasteiger partial charge in [-0.2, -0.15) is 0 Å². The third-order valence-corrected chi connectivity index (χ3v) is 4.57. The summed E-state index contributed by atoms with van der Waals surface area (Å²) >= 11 is 6.19. The smallest absolute Gasteiger partial charge is 0.136 e. The Bertz CT molecular complexity index is 541. The number of halogens is 1. The molecule has 4 rings (SSSR count). The first-order valence-corrected chi connectivity index (χ1v) is 7.77. The summed E-state index contributed by atoms with van der Waals surface area (Å²) in [4.78, 5) is 4.53. The molecule has 3 aliphatic heterocycles. The van der Waals surface area contributed by atoms with Crippen molar-refractivity contribution in [3.8, 4) is 5.75 Å². The van der Waals surface area contributed by atoms with E-state index in [4.69, 9.17) is 30.5 Å². The molecular weight excluding hydrogens is 294 g/mol. The van der Waals surface area contributed by atoms with Crippen molar-refractivity contribution in [3.63, 3.8) is 0 Å². The number of aromatic nitrogens is 1. The van der Waals surface area contributed by atoms with Gasteiger partial charge in [-0.15, -0.1) is 0 Å². The quantitative estimate of drug-likeness (QED) is 0.799. The highest BCUT2D eigenvalue weighted by molar-refractivity contribution is 6.29. The molecular formula is C15H18ClNO4. The van der Waals surface area contributed by atoms with Gasteiger partial charge in [-0.3, -0.25) is 0 Å². The Hall–Kier alpha value is -0.880. The molecule has 6 heteroatoms. The summed E-state index contributed by atoms with van der Waals surface area (Å²) in [6, 6.07) is 1.81. The van der Waals surface area contributed by atoms with Crippen LogP contribution in [0.2, 0.25) is 5.15 Å². The summed E-state index contributed by atoms with van der Waals surface area (Å²) in [5.74, 6) is 1.32. The fourth-order valence-electron chi connectivity index (χ4n) is 3.12. The maximum atomic E-state index is 6.19. The minimum Gasteiger partial charge on any atom is -0.493 e. The van der Waals surface area contributed by atoms with Crippen LogP contribution in [0.4, 0.5) is 0 Å². The van der Waals surface area contributed by atoms with Crippen molar-refractivity contribution < 1.29 is 18.9 Å². The van der Waals surface area contributed by atoms with Crippen LogP contribution < -0.4 is 4.74 Å². The predicted molar refractivity (Wildman–Crippen MR) is 75.8 cm³/mol. The van der Waals surface area contributed by atoms with Crippen molar-refractivity contribution in [1.82, 2.24) is 4.98 Å². The molecule has 1 atom stereocenters. The van der Waals surface area contributed by atoms with Crippen LogP contribution in [0.1, 0.15) is 17.7 Å². The van der Waals surface area contributed by atoms with E-state index in [1.165, 1.54) is 0 Å². The van der Waals surface area contributed by atoms with Gasteiger partial charge in [0, 0.05) is 37.0 Å². The van der Waals surface area contributed by atoms with Gasteiger partial charge in [0.25, 0.3) is 0 Å². The molecule has 5 nitrogen and oxygen atoms in total. The Balaban J connectivity index is 1.66. The van der Waals surface area contributed by atoms with Crippen molar-refractivity contribution in [1.29, 1.82) is 0 Å². The summed E-state index contributed by atoms with van der Waals surface area (Å²) < 4.78 is 22.7. The van der Waals surface area contributed by atoms with E-state index in [2.05, 4.69) is 4.98 Å². The number of ether oxygens (including phenoxy) is 4. The van der Waals surface area contributed by atoms with Crippen molar-refractivity contribution in [2.75, 3.05) is 39.6 Å². The highest BCUT2D eigenvalue weighted by Gasteiger charge is 2.44. The van der Waals surface area contributed by atoms with Gasteiger partial charge < -0.3 is 18.9 Å². The van der Waals surface area contributed by atoms with Crippen LogP contribution in [0.3, 0.4) is 0 Å². The number of hydrogen-bond donors (Lipinski definition) is 0. The predicted octanol–water partition coefficient (Wildman–Crippen LogP) is 1.95. The summed E-state index contributed by atoms with van der Waals surface area (Å²) in [6.07, 6.45) is 1.63. The van der Waals surface area contributed by atoms with Gasteiger partial charge in [-0.1, -0.05) is 11.6 Å². The minimum atomic E-state index is -0.434. The molecule has 114 valence electrons. The first kappa shape index (κ1) is 13.8. The highest BCUT2D eigenvalue weighted by atomic mass is 35.5. The molecule has 1 aromatic rings. The number of rotatable bonds is 3. The van der Waals surface area contributed by atoms with Crippen LogP contribution in [-0.4, -0.2) is 44.6 Å². The number of pyridine rings is 1. The Morgan fingerprint density at radius 3 is 2.95 bits per heavy atom. The minimum absolute atomic E-state index is 0.434. The van der Waals surface area contributed by atoms with Crippen molar-refractivity contribution in [2.24, 2.45) is 5.92 Å². The summed E-state index contributed by atoms with van der Waals surface area (Å²) in [5.41, 5.74) is 1.59. The number of hydrogen-bond acceptors (Lipinski definition) is 5. The van der Waals surface area contributed by atoms with Crippen LogP contribution >= 0.6 is 11.6 Å². The topological polar surface area (TPSA) is 49.8 Å². The van der Waals surface area contributed by atoms with Gasteiger partial charge >= 0.3 is 0 Å². The normalized spacial score (nSPS) is 28.4. The van der Waals surface area contributed by atoms with Gasteiger partial charge in [0.05, 0.1) is 38.7 Å². The van der Waals surface area contributed by atoms with Gasteiger partial charge in [0.2, 0.25) is 0 Å². The molecule has 2 saturated heterocycles. The second-order valence-electron chi connectivity index (χ2n) is 5.88. The lowest BCUT2D eigenvalue weighted by Gasteiger charge is -2.34. The second kappa shape index (κ2) is 5.39. The fraction of sp³-hybridized carbons (Fsp3) is 0.667. The summed E-state index contributed by atoms with van der Waals surface area (Å²) in [5, 5.41) is 0.449. The molecule has 4 heterocycles. The molecule has 0 saturated carbocycles. The van der Waals surface area contributed by atoms with Crippen LogP contribution in [0.15, 0.2) is 6.07 Å². The van der Waals surface area contributed by atoms with Crippen LogP contribution in [0.5, 0.6) is 5.75 Å². The largest absolute Gasteiger partial charge is 0.493 e. The van der Waals surface area contributed by atoms with Crippen molar-refractivity contribution in [3.05, 3.63) is 22.5 Å². The third-order valence-electron chi connectivity index (χ3n) is 4.38. The zero-order chi connectivity index (χ0) is 14.3. The molecule has 0 bridgehead atoms. The first-order chi connectivity index (χ1) is 10.3. The molecule has 1 unspecified atom stereocenters. The van der Waals surface area contributed by atoms with Gasteiger partial charge in [-0.05, 0) is 0 Å². The Morgan fingerprint density at radius 2 is 2.24 bits per heavy atom. The van der Waals surface area contributed by atoms with Gasteiger partial charge in [-0.25, -0.2) is 4.98 Å².